The van der Waals surface area contributed by atoms with Gasteiger partial charge in [0.2, 0.25) is 10.0 Å². The van der Waals surface area contributed by atoms with Gasteiger partial charge in [-0.25, -0.2) is 22.9 Å². The number of benzene rings is 3. The Morgan fingerprint density at radius 2 is 1.73 bits per heavy atom. The second-order valence-corrected chi connectivity index (χ2v) is 11.7. The van der Waals surface area contributed by atoms with Gasteiger partial charge in [0.25, 0.3) is 0 Å². The van der Waals surface area contributed by atoms with E-state index >= 15 is 0 Å². The second kappa shape index (κ2) is 11.8. The van der Waals surface area contributed by atoms with Crippen LogP contribution in [-0.2, 0) is 27.8 Å². The zero-order valence-electron chi connectivity index (χ0n) is 21.1. The fourth-order valence-electron chi connectivity index (χ4n) is 4.15. The van der Waals surface area contributed by atoms with Crippen LogP contribution in [0.4, 0.5) is 5.82 Å². The Labute approximate surface area is 244 Å². The van der Waals surface area contributed by atoms with E-state index in [1.807, 2.05) is 54.6 Å². The van der Waals surface area contributed by atoms with Crippen molar-refractivity contribution in [3.63, 3.8) is 0 Å². The van der Waals surface area contributed by atoms with Gasteiger partial charge in [0.15, 0.2) is 5.65 Å². The lowest BCUT2D eigenvalue weighted by Crippen LogP contribution is -2.25. The van der Waals surface area contributed by atoms with Crippen molar-refractivity contribution in [1.29, 1.82) is 0 Å². The number of hydrogen-bond acceptors (Lipinski definition) is 7. The number of hydrogen-bond donors (Lipinski definition) is 2. The van der Waals surface area contributed by atoms with Crippen molar-refractivity contribution in [1.82, 2.24) is 19.3 Å². The Morgan fingerprint density at radius 3 is 2.50 bits per heavy atom. The number of methoxy groups -OCH3 is 1. The number of anilines is 1. The molecule has 0 bridgehead atoms. The molecule has 0 saturated carbocycles. The highest BCUT2D eigenvalue weighted by Gasteiger charge is 2.22. The number of carbonyl (C=O) groups is 1. The van der Waals surface area contributed by atoms with Crippen LogP contribution in [0.5, 0.6) is 0 Å². The van der Waals surface area contributed by atoms with Crippen LogP contribution in [0.2, 0.25) is 5.02 Å². The number of ether oxygens (including phenoxy) is 1. The Hall–Kier alpha value is -3.77. The third kappa shape index (κ3) is 5.87. The van der Waals surface area contributed by atoms with Crippen LogP contribution in [0, 0.1) is 0 Å². The first kappa shape index (κ1) is 27.8. The summed E-state index contributed by atoms with van der Waals surface area (Å²) in [5, 5.41) is 8.41. The molecule has 2 aromatic heterocycles. The first-order chi connectivity index (χ1) is 19.3. The highest BCUT2D eigenvalue weighted by molar-refractivity contribution is 9.10. The Kier molecular flexibility index (Phi) is 8.17. The third-order valence-electron chi connectivity index (χ3n) is 6.09. The highest BCUT2D eigenvalue weighted by atomic mass is 79.9. The fraction of sp³-hybridized carbons (Fsp3) is 0.107. The number of esters is 1. The monoisotopic (exact) mass is 639 g/mol. The van der Waals surface area contributed by atoms with Crippen molar-refractivity contribution >= 4 is 55.0 Å². The molecule has 0 atom stereocenters. The van der Waals surface area contributed by atoms with Gasteiger partial charge in [-0.3, -0.25) is 0 Å². The van der Waals surface area contributed by atoms with Crippen molar-refractivity contribution in [2.45, 2.75) is 18.0 Å². The van der Waals surface area contributed by atoms with Gasteiger partial charge in [-0.1, -0.05) is 66.2 Å². The molecule has 0 fully saturated rings. The molecule has 3 aromatic carbocycles. The molecule has 12 heteroatoms. The van der Waals surface area contributed by atoms with Gasteiger partial charge in [-0.15, -0.1) is 0 Å². The van der Waals surface area contributed by atoms with Crippen molar-refractivity contribution in [2.24, 2.45) is 0 Å². The summed E-state index contributed by atoms with van der Waals surface area (Å²) in [4.78, 5) is 16.6. The van der Waals surface area contributed by atoms with E-state index in [-0.39, 0.29) is 17.0 Å². The molecule has 0 amide bonds. The van der Waals surface area contributed by atoms with Gasteiger partial charge in [-0.2, -0.15) is 9.61 Å². The summed E-state index contributed by atoms with van der Waals surface area (Å²) in [6.07, 6.45) is 1.68. The summed E-state index contributed by atoms with van der Waals surface area (Å²) in [6, 6.07) is 22.8. The number of carbonyl (C=O) groups excluding carboxylic acids is 1. The quantitative estimate of drug-likeness (QED) is 0.199. The number of rotatable bonds is 9. The van der Waals surface area contributed by atoms with Gasteiger partial charge in [-0.05, 0) is 45.3 Å². The number of sulfonamides is 1. The van der Waals surface area contributed by atoms with E-state index < -0.39 is 16.0 Å². The zero-order valence-corrected chi connectivity index (χ0v) is 24.3. The molecular weight excluding hydrogens is 618 g/mol. The van der Waals surface area contributed by atoms with Crippen molar-refractivity contribution in [3.8, 4) is 11.3 Å². The molecule has 204 valence electrons. The largest absolute Gasteiger partial charge is 0.465 e. The van der Waals surface area contributed by atoms with Crippen LogP contribution in [0.15, 0.2) is 94.4 Å². The molecule has 5 rings (SSSR count). The topological polar surface area (TPSA) is 115 Å². The van der Waals surface area contributed by atoms with E-state index in [0.717, 1.165) is 21.2 Å². The van der Waals surface area contributed by atoms with Crippen molar-refractivity contribution < 1.29 is 17.9 Å². The number of aromatic nitrogens is 3. The standard InChI is InChI=1S/C28H23BrClN5O4S/c1-39-28(36)21-10-3-5-12-25(21)40(37,38)33-16-19-8-6-7-18(13-19)15-31-26-14-24(20-9-2-4-11-23(20)30)34-27-22(29)17-32-35(26)27/h2-14,17,31,33H,15-16H2,1H3. The van der Waals surface area contributed by atoms with Crippen LogP contribution in [0.3, 0.4) is 0 Å². The highest BCUT2D eigenvalue weighted by Crippen LogP contribution is 2.30. The first-order valence-electron chi connectivity index (χ1n) is 12.0. The Morgan fingerprint density at radius 1 is 1.00 bits per heavy atom. The van der Waals surface area contributed by atoms with E-state index in [9.17, 15) is 13.2 Å². The molecule has 0 saturated heterocycles. The average Bonchev–Trinajstić information content (AvgIpc) is 3.35. The summed E-state index contributed by atoms with van der Waals surface area (Å²) in [7, 11) is -2.76. The molecule has 0 spiro atoms. The third-order valence-corrected chi connectivity index (χ3v) is 8.44. The summed E-state index contributed by atoms with van der Waals surface area (Å²) >= 11 is 9.94. The number of halogens is 2. The predicted molar refractivity (Wildman–Crippen MR) is 157 cm³/mol. The molecule has 0 radical (unpaired) electrons. The average molecular weight is 641 g/mol. The van der Waals surface area contributed by atoms with Crippen molar-refractivity contribution in [2.75, 3.05) is 12.4 Å². The summed E-state index contributed by atoms with van der Waals surface area (Å²) < 4.78 is 35.7. The summed E-state index contributed by atoms with van der Waals surface area (Å²) in [5.74, 6) is -0.0164. The molecule has 9 nitrogen and oxygen atoms in total. The minimum absolute atomic E-state index is 0.0273. The van der Waals surface area contributed by atoms with E-state index in [2.05, 4.69) is 31.1 Å². The van der Waals surface area contributed by atoms with Crippen LogP contribution >= 0.6 is 27.5 Å². The molecule has 0 aliphatic heterocycles. The maximum absolute atomic E-state index is 13.0. The summed E-state index contributed by atoms with van der Waals surface area (Å²) in [5.41, 5.74) is 3.76. The lowest BCUT2D eigenvalue weighted by molar-refractivity contribution is 0.0596. The smallest absolute Gasteiger partial charge is 0.339 e. The van der Waals surface area contributed by atoms with Crippen LogP contribution in [0.25, 0.3) is 16.9 Å². The van der Waals surface area contributed by atoms with Gasteiger partial charge in [0.1, 0.15) is 5.82 Å². The Balaban J connectivity index is 1.35. The molecule has 5 aromatic rings. The van der Waals surface area contributed by atoms with Gasteiger partial charge >= 0.3 is 5.97 Å². The van der Waals surface area contributed by atoms with E-state index in [0.29, 0.717) is 28.7 Å². The lowest BCUT2D eigenvalue weighted by Gasteiger charge is -2.13. The fourth-order valence-corrected chi connectivity index (χ4v) is 5.94. The normalized spacial score (nSPS) is 11.5. The maximum atomic E-state index is 13.0. The minimum Gasteiger partial charge on any atom is -0.465 e. The van der Waals surface area contributed by atoms with E-state index in [1.54, 1.807) is 22.8 Å². The van der Waals surface area contributed by atoms with Gasteiger partial charge < -0.3 is 10.1 Å². The SMILES string of the molecule is COC(=O)c1ccccc1S(=O)(=O)NCc1cccc(CNc2cc(-c3ccccc3Cl)nc3c(Br)cnn23)c1. The Bertz CT molecular complexity index is 1830. The van der Waals surface area contributed by atoms with Gasteiger partial charge in [0.05, 0.1) is 33.9 Å². The molecule has 0 unspecified atom stereocenters. The number of nitrogens with one attached hydrogen (secondary N) is 2. The number of fused-ring (bicyclic) bond motifs is 1. The maximum Gasteiger partial charge on any atom is 0.339 e. The van der Waals surface area contributed by atoms with Crippen LogP contribution < -0.4 is 10.0 Å². The minimum atomic E-state index is -3.97. The molecular formula is C28H23BrClN5O4S. The van der Waals surface area contributed by atoms with Crippen LogP contribution in [-0.4, -0.2) is 36.1 Å². The van der Waals surface area contributed by atoms with Crippen molar-refractivity contribution in [3.05, 3.63) is 111 Å². The predicted octanol–water partition coefficient (Wildman–Crippen LogP) is 5.69. The zero-order chi connectivity index (χ0) is 28.3. The van der Waals surface area contributed by atoms with Crippen LogP contribution in [0.1, 0.15) is 21.5 Å². The summed E-state index contributed by atoms with van der Waals surface area (Å²) in [6.45, 7) is 0.470. The number of nitrogens with zero attached hydrogens (tertiary/aromatic N) is 3. The second-order valence-electron chi connectivity index (χ2n) is 8.72. The van der Waals surface area contributed by atoms with E-state index in [1.165, 1.54) is 19.2 Å². The first-order valence-corrected chi connectivity index (χ1v) is 14.7. The lowest BCUT2D eigenvalue weighted by atomic mass is 10.1. The molecule has 0 aliphatic carbocycles. The molecule has 40 heavy (non-hydrogen) atoms. The molecule has 2 heterocycles. The molecule has 0 aliphatic rings. The molecule has 2 N–H and O–H groups in total. The van der Waals surface area contributed by atoms with E-state index in [4.69, 9.17) is 21.3 Å². The van der Waals surface area contributed by atoms with Gasteiger partial charge in [0, 0.05) is 29.7 Å².